The molecule has 0 aliphatic rings. The summed E-state index contributed by atoms with van der Waals surface area (Å²) in [4.78, 5) is -0.555. The van der Waals surface area contributed by atoms with Gasteiger partial charge in [-0.1, -0.05) is 97.1 Å². The van der Waals surface area contributed by atoms with Gasteiger partial charge >= 0.3 is 0 Å². The molecule has 0 nitrogen and oxygen atoms in total. The van der Waals surface area contributed by atoms with Crippen LogP contribution in [-0.4, -0.2) is 0 Å². The van der Waals surface area contributed by atoms with Crippen molar-refractivity contribution in [1.82, 2.24) is 0 Å². The minimum atomic E-state index is -2.44. The highest BCUT2D eigenvalue weighted by atomic mass is 35.5. The lowest BCUT2D eigenvalue weighted by Crippen LogP contribution is -1.90. The van der Waals surface area contributed by atoms with Crippen LogP contribution in [0.5, 0.6) is 0 Å². The Hall–Kier alpha value is -2.46. The van der Waals surface area contributed by atoms with Gasteiger partial charge in [0, 0.05) is 11.4 Å². The number of halogens is 6. The quantitative estimate of drug-likeness (QED) is 0.221. The Kier molecular flexibility index (Phi) is 9.88. The summed E-state index contributed by atoms with van der Waals surface area (Å²) in [6.45, 7) is -0.452. The summed E-state index contributed by atoms with van der Waals surface area (Å²) in [5, 5.41) is 0. The van der Waals surface area contributed by atoms with Crippen molar-refractivity contribution in [3.8, 4) is 22.3 Å². The van der Waals surface area contributed by atoms with Crippen molar-refractivity contribution in [3.05, 3.63) is 119 Å². The first-order chi connectivity index (χ1) is 16.4. The molecule has 0 bridgehead atoms. The molecule has 0 atom stereocenters. The monoisotopic (exact) mass is 520 g/mol. The number of hydrogen-bond acceptors (Lipinski definition) is 0. The minimum absolute atomic E-state index is 0.0250. The second-order valence-corrected chi connectivity index (χ2v) is 8.79. The molecule has 0 radical (unpaired) electrons. The van der Waals surface area contributed by atoms with Gasteiger partial charge in [0.15, 0.2) is 0 Å². The van der Waals surface area contributed by atoms with Crippen LogP contribution >= 0.6 is 34.8 Å². The van der Waals surface area contributed by atoms with Crippen LogP contribution < -0.4 is 0 Å². The molecule has 0 spiro atoms. The number of benzene rings is 4. The summed E-state index contributed by atoms with van der Waals surface area (Å²) in [7, 11) is 0. The molecule has 0 N–H and O–H groups in total. The number of alkyl halides is 6. The topological polar surface area (TPSA) is 0 Å². The Morgan fingerprint density at radius 1 is 0.588 bits per heavy atom. The summed E-state index contributed by atoms with van der Waals surface area (Å²) in [6.07, 6.45) is -2.44. The van der Waals surface area contributed by atoms with E-state index in [-0.39, 0.29) is 5.56 Å². The van der Waals surface area contributed by atoms with Crippen molar-refractivity contribution >= 4 is 34.8 Å². The van der Waals surface area contributed by atoms with Gasteiger partial charge in [-0.05, 0) is 38.9 Å². The van der Waals surface area contributed by atoms with Gasteiger partial charge in [0.05, 0.1) is 0 Å². The molecule has 176 valence electrons. The highest BCUT2D eigenvalue weighted by molar-refractivity contribution is 6.44. The van der Waals surface area contributed by atoms with E-state index in [0.717, 1.165) is 33.4 Å². The summed E-state index contributed by atoms with van der Waals surface area (Å²) >= 11 is 17.4. The summed E-state index contributed by atoms with van der Waals surface area (Å²) < 4.78 is 37.7. The van der Waals surface area contributed by atoms with Gasteiger partial charge in [0.1, 0.15) is 11.5 Å². The summed E-state index contributed by atoms with van der Waals surface area (Å²) in [6, 6.07) is 28.9. The lowest BCUT2D eigenvalue weighted by atomic mass is 9.96. The van der Waals surface area contributed by atoms with Gasteiger partial charge in [0.2, 0.25) is 0 Å². The van der Waals surface area contributed by atoms with Gasteiger partial charge in [0.25, 0.3) is 6.43 Å². The van der Waals surface area contributed by atoms with Crippen LogP contribution in [0.4, 0.5) is 13.2 Å². The molecule has 4 aromatic carbocycles. The van der Waals surface area contributed by atoms with Crippen LogP contribution in [0.2, 0.25) is 0 Å². The third-order valence-electron chi connectivity index (χ3n) is 5.27. The second-order valence-electron chi connectivity index (χ2n) is 7.43. The average Bonchev–Trinajstić information content (AvgIpc) is 2.89. The molecule has 4 aromatic rings. The first-order valence-electron chi connectivity index (χ1n) is 10.5. The van der Waals surface area contributed by atoms with E-state index >= 15 is 0 Å². The fourth-order valence-corrected chi connectivity index (χ4v) is 3.97. The van der Waals surface area contributed by atoms with E-state index in [1.807, 2.05) is 66.7 Å². The lowest BCUT2D eigenvalue weighted by Gasteiger charge is -2.10. The average molecular weight is 522 g/mol. The fourth-order valence-electron chi connectivity index (χ4n) is 3.44. The normalized spacial score (nSPS) is 10.8. The van der Waals surface area contributed by atoms with E-state index in [1.165, 1.54) is 12.1 Å². The Morgan fingerprint density at radius 3 is 1.47 bits per heavy atom. The van der Waals surface area contributed by atoms with Gasteiger partial charge < -0.3 is 0 Å². The van der Waals surface area contributed by atoms with Crippen molar-refractivity contribution < 1.29 is 13.2 Å². The molecule has 0 unspecified atom stereocenters. The summed E-state index contributed by atoms with van der Waals surface area (Å²) in [5.41, 5.74) is 6.35. The SMILES string of the molecule is FC(F)c1ccc(-c2ccc(C(Cl)Cl)cc2)cc1.FCc1ccccc1-c1ccccc1CCl. The minimum Gasteiger partial charge on any atom is -0.246 e. The molecule has 0 saturated carbocycles. The van der Waals surface area contributed by atoms with Gasteiger partial charge in [-0.3, -0.25) is 0 Å². The maximum atomic E-state index is 12.9. The molecule has 0 heterocycles. The van der Waals surface area contributed by atoms with E-state index in [1.54, 1.807) is 18.2 Å². The lowest BCUT2D eigenvalue weighted by molar-refractivity contribution is 0.151. The van der Waals surface area contributed by atoms with Crippen molar-refractivity contribution in [2.24, 2.45) is 0 Å². The standard InChI is InChI=1S/C14H10Cl2F2.C14H12ClF/c15-13(16)11-5-1-9(2-6-11)10-3-7-12(8-4-10)14(17)18;15-9-11-5-1-3-7-13(11)14-8-4-2-6-12(14)10-16/h1-8,13-14H;1-8H,9-10H2. The highest BCUT2D eigenvalue weighted by Crippen LogP contribution is 2.29. The smallest absolute Gasteiger partial charge is 0.246 e. The molecule has 4 rings (SSSR count). The van der Waals surface area contributed by atoms with E-state index in [0.29, 0.717) is 11.4 Å². The van der Waals surface area contributed by atoms with Crippen LogP contribution in [0.3, 0.4) is 0 Å². The van der Waals surface area contributed by atoms with Crippen molar-refractivity contribution in [2.45, 2.75) is 23.8 Å². The van der Waals surface area contributed by atoms with E-state index in [2.05, 4.69) is 0 Å². The maximum absolute atomic E-state index is 12.9. The van der Waals surface area contributed by atoms with Crippen LogP contribution in [0, 0.1) is 0 Å². The predicted octanol–water partition coefficient (Wildman–Crippen LogP) is 10.3. The fraction of sp³-hybridized carbons (Fsp3) is 0.143. The summed E-state index contributed by atoms with van der Waals surface area (Å²) in [5.74, 6) is 0.441. The Bertz CT molecular complexity index is 1080. The highest BCUT2D eigenvalue weighted by Gasteiger charge is 2.08. The number of hydrogen-bond donors (Lipinski definition) is 0. The molecule has 0 fully saturated rings. The Balaban J connectivity index is 0.000000192. The third kappa shape index (κ3) is 6.79. The van der Waals surface area contributed by atoms with Crippen LogP contribution in [0.25, 0.3) is 22.3 Å². The molecule has 0 aliphatic carbocycles. The maximum Gasteiger partial charge on any atom is 0.263 e. The molecule has 0 aromatic heterocycles. The second kappa shape index (κ2) is 12.9. The van der Waals surface area contributed by atoms with E-state index in [4.69, 9.17) is 34.8 Å². The zero-order valence-electron chi connectivity index (χ0n) is 18.1. The number of rotatable bonds is 6. The first-order valence-corrected chi connectivity index (χ1v) is 11.9. The van der Waals surface area contributed by atoms with Crippen LogP contribution in [0.1, 0.15) is 33.5 Å². The predicted molar refractivity (Wildman–Crippen MR) is 138 cm³/mol. The van der Waals surface area contributed by atoms with Crippen molar-refractivity contribution in [3.63, 3.8) is 0 Å². The Labute approximate surface area is 212 Å². The Morgan fingerprint density at radius 2 is 1.03 bits per heavy atom. The van der Waals surface area contributed by atoms with Gasteiger partial charge in [-0.25, -0.2) is 13.2 Å². The largest absolute Gasteiger partial charge is 0.263 e. The van der Waals surface area contributed by atoms with Crippen LogP contribution in [0.15, 0.2) is 97.1 Å². The molecule has 0 aliphatic heterocycles. The van der Waals surface area contributed by atoms with E-state index in [9.17, 15) is 13.2 Å². The molecule has 0 amide bonds. The molecular weight excluding hydrogens is 500 g/mol. The van der Waals surface area contributed by atoms with Gasteiger partial charge in [-0.2, -0.15) is 0 Å². The van der Waals surface area contributed by atoms with E-state index < -0.39 is 17.9 Å². The van der Waals surface area contributed by atoms with Crippen molar-refractivity contribution in [2.75, 3.05) is 0 Å². The third-order valence-corrected chi connectivity index (χ3v) is 6.06. The zero-order chi connectivity index (χ0) is 24.5. The molecule has 0 saturated heterocycles. The molecule has 34 heavy (non-hydrogen) atoms. The molecule has 6 heteroatoms. The zero-order valence-corrected chi connectivity index (χ0v) is 20.3. The van der Waals surface area contributed by atoms with Gasteiger partial charge in [-0.15, -0.1) is 34.8 Å². The first kappa shape index (κ1) is 26.2. The van der Waals surface area contributed by atoms with Crippen molar-refractivity contribution in [1.29, 1.82) is 0 Å². The molecular formula is C28H22Cl3F3. The van der Waals surface area contributed by atoms with Crippen LogP contribution in [-0.2, 0) is 12.6 Å².